The zero-order valence-electron chi connectivity index (χ0n) is 25.2. The first-order valence-electron chi connectivity index (χ1n) is 14.1. The zero-order valence-corrected chi connectivity index (χ0v) is 25.2. The SMILES string of the molecule is COC(=O)/C=C1/C(=C/C(=O)OC)[C@](OC(=O)c2ccc(F)cc2)(c2ccc(F)cc2)[C@@]1(OC(=O)c1ccc(F)cc1)c1ccc(F)cc1. The highest BCUT2D eigenvalue weighted by Crippen LogP contribution is 2.67. The number of rotatable bonds is 8. The van der Waals surface area contributed by atoms with Crippen LogP contribution in [0.1, 0.15) is 31.8 Å². The first-order chi connectivity index (χ1) is 22.9. The molecule has 0 radical (unpaired) electrons. The molecule has 0 saturated heterocycles. The van der Waals surface area contributed by atoms with Gasteiger partial charge in [-0.25, -0.2) is 36.7 Å². The largest absolute Gasteiger partial charge is 0.466 e. The number of carbonyl (C=O) groups excluding carboxylic acids is 4. The van der Waals surface area contributed by atoms with Gasteiger partial charge in [0.25, 0.3) is 0 Å². The normalized spacial score (nSPS) is 20.0. The fraction of sp³-hybridized carbons (Fsp3) is 0.111. The molecule has 0 N–H and O–H groups in total. The monoisotopic (exact) mass is 660 g/mol. The number of esters is 4. The Morgan fingerprint density at radius 3 is 1.02 bits per heavy atom. The van der Waals surface area contributed by atoms with Gasteiger partial charge >= 0.3 is 23.9 Å². The first kappa shape index (κ1) is 33.3. The number of hydrogen-bond donors (Lipinski definition) is 0. The van der Waals surface area contributed by atoms with Gasteiger partial charge in [0.15, 0.2) is 0 Å². The summed E-state index contributed by atoms with van der Waals surface area (Å²) in [5.74, 6) is -7.10. The van der Waals surface area contributed by atoms with E-state index in [-0.39, 0.29) is 33.4 Å². The van der Waals surface area contributed by atoms with Gasteiger partial charge in [-0.05, 0) is 72.8 Å². The van der Waals surface area contributed by atoms with E-state index in [2.05, 4.69) is 0 Å². The molecule has 2 atom stereocenters. The summed E-state index contributed by atoms with van der Waals surface area (Å²) in [7, 11) is 2.10. The molecular weight excluding hydrogens is 636 g/mol. The third-order valence-electron chi connectivity index (χ3n) is 7.62. The van der Waals surface area contributed by atoms with Gasteiger partial charge in [-0.3, -0.25) is 0 Å². The van der Waals surface area contributed by atoms with E-state index in [9.17, 15) is 36.7 Å². The Morgan fingerprint density at radius 1 is 0.479 bits per heavy atom. The predicted molar refractivity (Wildman–Crippen MR) is 160 cm³/mol. The Bertz CT molecular complexity index is 1790. The predicted octanol–water partition coefficient (Wildman–Crippen LogP) is 6.26. The van der Waals surface area contributed by atoms with E-state index >= 15 is 0 Å². The fourth-order valence-electron chi connectivity index (χ4n) is 5.43. The summed E-state index contributed by atoms with van der Waals surface area (Å²) in [6.45, 7) is 0. The molecule has 0 aromatic heterocycles. The highest BCUT2D eigenvalue weighted by Gasteiger charge is 2.74. The highest BCUT2D eigenvalue weighted by atomic mass is 19.1. The topological polar surface area (TPSA) is 105 Å². The molecule has 0 aliphatic heterocycles. The van der Waals surface area contributed by atoms with Gasteiger partial charge in [-0.15, -0.1) is 0 Å². The minimum Gasteiger partial charge on any atom is -0.466 e. The second kappa shape index (κ2) is 13.4. The van der Waals surface area contributed by atoms with E-state index in [4.69, 9.17) is 18.9 Å². The molecule has 5 rings (SSSR count). The number of halogens is 4. The van der Waals surface area contributed by atoms with E-state index in [0.29, 0.717) is 0 Å². The van der Waals surface area contributed by atoms with Crippen molar-refractivity contribution in [3.05, 3.63) is 166 Å². The lowest BCUT2D eigenvalue weighted by molar-refractivity contribution is -0.163. The van der Waals surface area contributed by atoms with E-state index in [1.165, 1.54) is 24.3 Å². The van der Waals surface area contributed by atoms with Crippen molar-refractivity contribution in [1.82, 2.24) is 0 Å². The molecule has 0 unspecified atom stereocenters. The molecule has 12 heteroatoms. The van der Waals surface area contributed by atoms with Crippen LogP contribution >= 0.6 is 0 Å². The van der Waals surface area contributed by atoms with Crippen LogP contribution in [-0.2, 0) is 39.7 Å². The number of ether oxygens (including phenoxy) is 4. The number of hydrogen-bond acceptors (Lipinski definition) is 8. The lowest BCUT2D eigenvalue weighted by Gasteiger charge is -2.59. The minimum absolute atomic E-state index is 0.0900. The molecule has 1 aliphatic rings. The lowest BCUT2D eigenvalue weighted by atomic mass is 9.52. The van der Waals surface area contributed by atoms with Crippen molar-refractivity contribution in [2.75, 3.05) is 14.2 Å². The third-order valence-corrected chi connectivity index (χ3v) is 7.62. The van der Waals surface area contributed by atoms with Gasteiger partial charge in [0.2, 0.25) is 11.2 Å². The molecule has 0 heterocycles. The van der Waals surface area contributed by atoms with Crippen LogP contribution in [0.2, 0.25) is 0 Å². The van der Waals surface area contributed by atoms with Gasteiger partial charge in [-0.1, -0.05) is 24.3 Å². The first-order valence-corrected chi connectivity index (χ1v) is 14.1. The van der Waals surface area contributed by atoms with Crippen LogP contribution < -0.4 is 0 Å². The zero-order chi connectivity index (χ0) is 34.6. The smallest absolute Gasteiger partial charge is 0.339 e. The molecule has 4 aromatic carbocycles. The summed E-state index contributed by atoms with van der Waals surface area (Å²) in [5, 5.41) is 0. The summed E-state index contributed by atoms with van der Waals surface area (Å²) in [6.07, 6.45) is 1.73. The van der Waals surface area contributed by atoms with Crippen molar-refractivity contribution in [2.24, 2.45) is 0 Å². The molecule has 0 bridgehead atoms. The molecular formula is C36H24F4O8. The van der Waals surface area contributed by atoms with Crippen LogP contribution in [0.15, 0.2) is 120 Å². The van der Waals surface area contributed by atoms with Crippen LogP contribution in [-0.4, -0.2) is 38.1 Å². The summed E-state index contributed by atoms with van der Waals surface area (Å²) in [5.41, 5.74) is -6.06. The van der Waals surface area contributed by atoms with Crippen molar-refractivity contribution in [1.29, 1.82) is 0 Å². The molecule has 244 valence electrons. The maximum absolute atomic E-state index is 14.4. The third kappa shape index (κ3) is 5.95. The van der Waals surface area contributed by atoms with Gasteiger partial charge in [0, 0.05) is 34.4 Å². The minimum atomic E-state index is -2.46. The van der Waals surface area contributed by atoms with E-state index in [1.807, 2.05) is 0 Å². The quantitative estimate of drug-likeness (QED) is 0.0945. The second-order valence-electron chi connectivity index (χ2n) is 10.3. The molecule has 0 spiro atoms. The van der Waals surface area contributed by atoms with Crippen molar-refractivity contribution < 1.29 is 55.7 Å². The summed E-state index contributed by atoms with van der Waals surface area (Å²) in [6, 6.07) is 17.1. The maximum Gasteiger partial charge on any atom is 0.339 e. The number of benzene rings is 4. The van der Waals surface area contributed by atoms with Crippen LogP contribution in [0.4, 0.5) is 17.6 Å². The van der Waals surface area contributed by atoms with Gasteiger partial charge in [0.1, 0.15) is 23.3 Å². The van der Waals surface area contributed by atoms with E-state index in [1.54, 1.807) is 0 Å². The number of carbonyl (C=O) groups is 4. The molecule has 1 fully saturated rings. The van der Waals surface area contributed by atoms with Crippen molar-refractivity contribution in [3.63, 3.8) is 0 Å². The molecule has 8 nitrogen and oxygen atoms in total. The van der Waals surface area contributed by atoms with Gasteiger partial charge in [0.05, 0.1) is 25.3 Å². The van der Waals surface area contributed by atoms with Crippen molar-refractivity contribution in [3.8, 4) is 0 Å². The Morgan fingerprint density at radius 2 is 0.750 bits per heavy atom. The average molecular weight is 661 g/mol. The Hall–Kier alpha value is -6.04. The van der Waals surface area contributed by atoms with E-state index in [0.717, 1.165) is 99.2 Å². The molecule has 48 heavy (non-hydrogen) atoms. The Balaban J connectivity index is 1.92. The van der Waals surface area contributed by atoms with Crippen LogP contribution in [0, 0.1) is 23.3 Å². The number of methoxy groups -OCH3 is 2. The summed E-state index contributed by atoms with van der Waals surface area (Å²) in [4.78, 5) is 53.6. The Labute approximate surface area is 270 Å². The van der Waals surface area contributed by atoms with Crippen LogP contribution in [0.3, 0.4) is 0 Å². The van der Waals surface area contributed by atoms with Gasteiger partial charge < -0.3 is 18.9 Å². The van der Waals surface area contributed by atoms with Crippen molar-refractivity contribution in [2.45, 2.75) is 11.2 Å². The second-order valence-corrected chi connectivity index (χ2v) is 10.3. The summed E-state index contributed by atoms with van der Waals surface area (Å²) >= 11 is 0. The molecule has 1 saturated carbocycles. The van der Waals surface area contributed by atoms with E-state index < -0.39 is 58.3 Å². The van der Waals surface area contributed by atoms with Crippen LogP contribution in [0.25, 0.3) is 0 Å². The molecule has 4 aromatic rings. The van der Waals surface area contributed by atoms with Crippen LogP contribution in [0.5, 0.6) is 0 Å². The highest BCUT2D eigenvalue weighted by molar-refractivity contribution is 5.96. The lowest BCUT2D eigenvalue weighted by Crippen LogP contribution is -2.66. The van der Waals surface area contributed by atoms with Crippen molar-refractivity contribution >= 4 is 23.9 Å². The summed E-state index contributed by atoms with van der Waals surface area (Å²) < 4.78 is 78.5. The maximum atomic E-state index is 14.4. The standard InChI is InChI=1S/C36H24F4O8/c1-45-31(41)19-29-30(20-32(42)46-2)36(24-9-17-28(40)18-10-24,48-34(44)22-5-13-26(38)14-6-22)35(29,23-7-15-27(39)16-8-23)47-33(43)21-3-11-25(37)12-4-21/h3-20H,1-2H3/b29-19-,30-20-/t35-,36-/m1/s1. The molecule has 0 amide bonds. The average Bonchev–Trinajstić information content (AvgIpc) is 3.09. The fourth-order valence-corrected chi connectivity index (χ4v) is 5.43. The Kier molecular flexibility index (Phi) is 9.28. The van der Waals surface area contributed by atoms with Gasteiger partial charge in [-0.2, -0.15) is 0 Å². The molecule has 1 aliphatic carbocycles.